The van der Waals surface area contributed by atoms with Gasteiger partial charge in [0.1, 0.15) is 5.82 Å². The van der Waals surface area contributed by atoms with E-state index in [1.54, 1.807) is 6.20 Å². The molecule has 0 spiro atoms. The first-order valence-electron chi connectivity index (χ1n) is 7.60. The summed E-state index contributed by atoms with van der Waals surface area (Å²) >= 11 is 0. The van der Waals surface area contributed by atoms with Crippen LogP contribution in [0, 0.1) is 13.8 Å². The molecular formula is C17H24N4. The lowest BCUT2D eigenvalue weighted by atomic mass is 10.1. The second kappa shape index (κ2) is 7.62. The van der Waals surface area contributed by atoms with Gasteiger partial charge in [0, 0.05) is 18.4 Å². The molecule has 4 nitrogen and oxygen atoms in total. The van der Waals surface area contributed by atoms with Crippen LogP contribution in [0.1, 0.15) is 37.3 Å². The molecule has 0 atom stereocenters. The van der Waals surface area contributed by atoms with Crippen molar-refractivity contribution in [3.8, 4) is 0 Å². The second-order valence-electron chi connectivity index (χ2n) is 5.34. The van der Waals surface area contributed by atoms with Crippen molar-refractivity contribution in [2.75, 3.05) is 17.2 Å². The molecule has 0 amide bonds. The molecule has 0 aliphatic carbocycles. The zero-order valence-corrected chi connectivity index (χ0v) is 13.1. The Morgan fingerprint density at radius 3 is 2.71 bits per heavy atom. The van der Waals surface area contributed by atoms with Gasteiger partial charge in [-0.15, -0.1) is 0 Å². The minimum absolute atomic E-state index is 0.681. The van der Waals surface area contributed by atoms with E-state index in [2.05, 4.69) is 59.6 Å². The van der Waals surface area contributed by atoms with E-state index in [-0.39, 0.29) is 0 Å². The highest BCUT2D eigenvalue weighted by Crippen LogP contribution is 2.20. The van der Waals surface area contributed by atoms with E-state index in [9.17, 15) is 0 Å². The topological polar surface area (TPSA) is 49.8 Å². The summed E-state index contributed by atoms with van der Waals surface area (Å²) in [5.41, 5.74) is 3.56. The monoisotopic (exact) mass is 284 g/mol. The number of anilines is 3. The van der Waals surface area contributed by atoms with E-state index >= 15 is 0 Å². The molecule has 112 valence electrons. The van der Waals surface area contributed by atoms with Crippen LogP contribution in [-0.2, 0) is 0 Å². The lowest BCUT2D eigenvalue weighted by Gasteiger charge is -2.11. The lowest BCUT2D eigenvalue weighted by Crippen LogP contribution is -2.06. The van der Waals surface area contributed by atoms with E-state index in [0.29, 0.717) is 5.95 Å². The Bertz CT molecular complexity index is 581. The lowest BCUT2D eigenvalue weighted by molar-refractivity contribution is 0.740. The fourth-order valence-electron chi connectivity index (χ4n) is 2.18. The summed E-state index contributed by atoms with van der Waals surface area (Å²) < 4.78 is 0. The van der Waals surface area contributed by atoms with Gasteiger partial charge in [-0.3, -0.25) is 0 Å². The molecule has 0 saturated heterocycles. The number of aromatic nitrogens is 2. The van der Waals surface area contributed by atoms with Crippen LogP contribution in [0.2, 0.25) is 0 Å². The highest BCUT2D eigenvalue weighted by Gasteiger charge is 2.02. The Morgan fingerprint density at radius 1 is 1.10 bits per heavy atom. The molecule has 0 aliphatic rings. The van der Waals surface area contributed by atoms with Crippen LogP contribution in [-0.4, -0.2) is 16.5 Å². The van der Waals surface area contributed by atoms with Gasteiger partial charge in [-0.2, -0.15) is 4.98 Å². The number of benzene rings is 1. The summed E-state index contributed by atoms with van der Waals surface area (Å²) in [6, 6.07) is 8.23. The number of unbranched alkanes of at least 4 members (excludes halogenated alkanes) is 2. The minimum Gasteiger partial charge on any atom is -0.354 e. The van der Waals surface area contributed by atoms with E-state index in [4.69, 9.17) is 0 Å². The second-order valence-corrected chi connectivity index (χ2v) is 5.34. The van der Waals surface area contributed by atoms with Crippen molar-refractivity contribution in [2.45, 2.75) is 40.0 Å². The van der Waals surface area contributed by atoms with Crippen LogP contribution in [0.4, 0.5) is 17.5 Å². The molecule has 0 saturated carbocycles. The Morgan fingerprint density at radius 2 is 1.95 bits per heavy atom. The molecule has 1 heterocycles. The summed E-state index contributed by atoms with van der Waals surface area (Å²) in [5.74, 6) is 1.50. The van der Waals surface area contributed by atoms with Gasteiger partial charge in [-0.05, 0) is 38.0 Å². The Balaban J connectivity index is 2.00. The quantitative estimate of drug-likeness (QED) is 0.738. The molecule has 0 bridgehead atoms. The molecule has 0 fully saturated rings. The van der Waals surface area contributed by atoms with Crippen molar-refractivity contribution in [1.82, 2.24) is 9.97 Å². The fraction of sp³-hybridized carbons (Fsp3) is 0.412. The zero-order valence-electron chi connectivity index (χ0n) is 13.1. The molecule has 0 aliphatic heterocycles. The van der Waals surface area contributed by atoms with Crippen LogP contribution in [0.3, 0.4) is 0 Å². The van der Waals surface area contributed by atoms with E-state index in [1.165, 1.54) is 24.0 Å². The molecule has 1 aromatic carbocycles. The Hall–Kier alpha value is -2.10. The molecule has 1 aromatic heterocycles. The molecule has 0 radical (unpaired) electrons. The van der Waals surface area contributed by atoms with Crippen LogP contribution in [0.25, 0.3) is 0 Å². The number of rotatable bonds is 7. The standard InChI is InChI=1S/C17H24N4/c1-4-5-6-10-18-17-19-11-9-16(21-17)20-15-8-7-13(2)12-14(15)3/h7-9,11-12H,4-6,10H2,1-3H3,(H2,18,19,20,21). The first-order valence-corrected chi connectivity index (χ1v) is 7.60. The number of nitrogens with one attached hydrogen (secondary N) is 2. The smallest absolute Gasteiger partial charge is 0.224 e. The zero-order chi connectivity index (χ0) is 15.1. The number of hydrogen-bond acceptors (Lipinski definition) is 4. The Labute approximate surface area is 127 Å². The summed E-state index contributed by atoms with van der Waals surface area (Å²) in [6.07, 6.45) is 5.37. The third-order valence-electron chi connectivity index (χ3n) is 3.36. The molecule has 21 heavy (non-hydrogen) atoms. The molecule has 4 heteroatoms. The van der Waals surface area contributed by atoms with Crippen molar-refractivity contribution in [2.24, 2.45) is 0 Å². The van der Waals surface area contributed by atoms with Gasteiger partial charge in [0.25, 0.3) is 0 Å². The van der Waals surface area contributed by atoms with Crippen molar-refractivity contribution in [3.63, 3.8) is 0 Å². The number of aryl methyl sites for hydroxylation is 2. The summed E-state index contributed by atoms with van der Waals surface area (Å²) in [7, 11) is 0. The first kappa shape index (κ1) is 15.3. The average molecular weight is 284 g/mol. The van der Waals surface area contributed by atoms with Gasteiger partial charge in [0.2, 0.25) is 5.95 Å². The SMILES string of the molecule is CCCCCNc1nccc(Nc2ccc(C)cc2C)n1. The first-order chi connectivity index (χ1) is 10.2. The van der Waals surface area contributed by atoms with Crippen LogP contribution < -0.4 is 10.6 Å². The van der Waals surface area contributed by atoms with Gasteiger partial charge < -0.3 is 10.6 Å². The molecule has 2 rings (SSSR count). The van der Waals surface area contributed by atoms with Crippen molar-refractivity contribution in [3.05, 3.63) is 41.6 Å². The maximum Gasteiger partial charge on any atom is 0.224 e. The van der Waals surface area contributed by atoms with Gasteiger partial charge in [0.05, 0.1) is 0 Å². The minimum atomic E-state index is 0.681. The van der Waals surface area contributed by atoms with E-state index in [1.807, 2.05) is 6.07 Å². The van der Waals surface area contributed by atoms with Crippen LogP contribution >= 0.6 is 0 Å². The molecule has 2 N–H and O–H groups in total. The maximum absolute atomic E-state index is 4.50. The van der Waals surface area contributed by atoms with Crippen molar-refractivity contribution in [1.29, 1.82) is 0 Å². The van der Waals surface area contributed by atoms with Crippen LogP contribution in [0.15, 0.2) is 30.5 Å². The normalized spacial score (nSPS) is 10.4. The van der Waals surface area contributed by atoms with Gasteiger partial charge in [-0.1, -0.05) is 37.5 Å². The summed E-state index contributed by atoms with van der Waals surface area (Å²) in [4.78, 5) is 8.75. The number of hydrogen-bond donors (Lipinski definition) is 2. The largest absolute Gasteiger partial charge is 0.354 e. The maximum atomic E-state index is 4.50. The predicted molar refractivity (Wildman–Crippen MR) is 89.2 cm³/mol. The third kappa shape index (κ3) is 4.74. The molecular weight excluding hydrogens is 260 g/mol. The van der Waals surface area contributed by atoms with E-state index in [0.717, 1.165) is 24.5 Å². The fourth-order valence-corrected chi connectivity index (χ4v) is 2.18. The Kier molecular flexibility index (Phi) is 5.55. The predicted octanol–water partition coefficient (Wildman–Crippen LogP) is 4.44. The summed E-state index contributed by atoms with van der Waals surface area (Å²) in [6.45, 7) is 7.31. The van der Waals surface area contributed by atoms with Crippen LogP contribution in [0.5, 0.6) is 0 Å². The van der Waals surface area contributed by atoms with Gasteiger partial charge in [0.15, 0.2) is 0 Å². The third-order valence-corrected chi connectivity index (χ3v) is 3.36. The summed E-state index contributed by atoms with van der Waals surface area (Å²) in [5, 5.41) is 6.62. The van der Waals surface area contributed by atoms with E-state index < -0.39 is 0 Å². The van der Waals surface area contributed by atoms with Gasteiger partial charge >= 0.3 is 0 Å². The highest BCUT2D eigenvalue weighted by molar-refractivity contribution is 5.61. The highest BCUT2D eigenvalue weighted by atomic mass is 15.1. The van der Waals surface area contributed by atoms with Crippen molar-refractivity contribution >= 4 is 17.5 Å². The average Bonchev–Trinajstić information content (AvgIpc) is 2.47. The van der Waals surface area contributed by atoms with Crippen molar-refractivity contribution < 1.29 is 0 Å². The molecule has 2 aromatic rings. The molecule has 0 unspecified atom stereocenters. The van der Waals surface area contributed by atoms with Gasteiger partial charge in [-0.25, -0.2) is 4.98 Å². The number of nitrogens with zero attached hydrogens (tertiary/aromatic N) is 2.